The molecule has 1 atom stereocenters. The summed E-state index contributed by atoms with van der Waals surface area (Å²) < 4.78 is 5.79. The topological polar surface area (TPSA) is 38.3 Å². The molecule has 3 nitrogen and oxygen atoms in total. The average Bonchev–Trinajstić information content (AvgIpc) is 2.78. The second kappa shape index (κ2) is 12.8. The number of carbonyl (C=O) groups excluding carboxylic acids is 1. The summed E-state index contributed by atoms with van der Waals surface area (Å²) in [6, 6.07) is 27.8. The Kier molecular flexibility index (Phi) is 10.1. The minimum atomic E-state index is -0.192. The van der Waals surface area contributed by atoms with E-state index in [0.29, 0.717) is 12.2 Å². The molecule has 0 radical (unpaired) electrons. The van der Waals surface area contributed by atoms with Crippen LogP contribution in [0.15, 0.2) is 84.9 Å². The molecular formula is C26H30ClNO2. The Morgan fingerprint density at radius 1 is 0.833 bits per heavy atom. The number of benzene rings is 3. The van der Waals surface area contributed by atoms with E-state index in [4.69, 9.17) is 4.74 Å². The summed E-state index contributed by atoms with van der Waals surface area (Å²) in [6.45, 7) is 3.30. The fourth-order valence-corrected chi connectivity index (χ4v) is 3.22. The SMILES string of the molecule is C[C@@H](NCCCCc1ccccc1)C(=O)c1ccc(OCc2ccccc2)cc1.Cl. The normalized spacial score (nSPS) is 11.4. The molecule has 0 aliphatic carbocycles. The smallest absolute Gasteiger partial charge is 0.179 e. The largest absolute Gasteiger partial charge is 0.489 e. The number of Topliss-reactive ketones (excluding diaryl/α,β-unsaturated/α-hetero) is 1. The molecule has 0 heterocycles. The van der Waals surface area contributed by atoms with Crippen LogP contribution in [0.5, 0.6) is 5.75 Å². The van der Waals surface area contributed by atoms with Crippen molar-refractivity contribution in [3.05, 3.63) is 102 Å². The standard InChI is InChI=1S/C26H29NO2.ClH/c1-21(27-19-9-8-12-22-10-4-2-5-11-22)26(28)24-15-17-25(18-16-24)29-20-23-13-6-3-7-14-23;/h2-7,10-11,13-18,21,27H,8-9,12,19-20H2,1H3;1H/t21-;/m1./s1. The first-order valence-electron chi connectivity index (χ1n) is 10.3. The first kappa shape index (κ1) is 23.7. The summed E-state index contributed by atoms with van der Waals surface area (Å²) in [4.78, 5) is 12.6. The molecule has 30 heavy (non-hydrogen) atoms. The summed E-state index contributed by atoms with van der Waals surface area (Å²) in [5.41, 5.74) is 3.20. The lowest BCUT2D eigenvalue weighted by Gasteiger charge is -2.13. The van der Waals surface area contributed by atoms with Crippen LogP contribution in [0, 0.1) is 0 Å². The molecule has 4 heteroatoms. The second-order valence-electron chi connectivity index (χ2n) is 7.28. The van der Waals surface area contributed by atoms with Crippen molar-refractivity contribution < 1.29 is 9.53 Å². The third kappa shape index (κ3) is 7.66. The Balaban J connectivity index is 0.00000320. The summed E-state index contributed by atoms with van der Waals surface area (Å²) in [6.07, 6.45) is 3.25. The number of hydrogen-bond acceptors (Lipinski definition) is 3. The van der Waals surface area contributed by atoms with E-state index < -0.39 is 0 Å². The molecule has 1 N–H and O–H groups in total. The van der Waals surface area contributed by atoms with Crippen molar-refractivity contribution >= 4 is 18.2 Å². The quantitative estimate of drug-likeness (QED) is 0.309. The van der Waals surface area contributed by atoms with Crippen LogP contribution in [-0.4, -0.2) is 18.4 Å². The van der Waals surface area contributed by atoms with Crippen LogP contribution in [0.4, 0.5) is 0 Å². The molecule has 158 valence electrons. The average molecular weight is 424 g/mol. The number of ether oxygens (including phenoxy) is 1. The van der Waals surface area contributed by atoms with E-state index in [0.717, 1.165) is 37.1 Å². The Labute approximate surface area is 185 Å². The van der Waals surface area contributed by atoms with Gasteiger partial charge in [-0.25, -0.2) is 0 Å². The number of rotatable bonds is 11. The lowest BCUT2D eigenvalue weighted by Crippen LogP contribution is -2.34. The van der Waals surface area contributed by atoms with Gasteiger partial charge >= 0.3 is 0 Å². The highest BCUT2D eigenvalue weighted by molar-refractivity contribution is 5.99. The van der Waals surface area contributed by atoms with E-state index in [2.05, 4.69) is 29.6 Å². The van der Waals surface area contributed by atoms with Gasteiger partial charge in [0.1, 0.15) is 12.4 Å². The van der Waals surface area contributed by atoms with Gasteiger partial charge in [0.25, 0.3) is 0 Å². The van der Waals surface area contributed by atoms with Crippen LogP contribution in [0.3, 0.4) is 0 Å². The summed E-state index contributed by atoms with van der Waals surface area (Å²) in [7, 11) is 0. The number of ketones is 1. The van der Waals surface area contributed by atoms with E-state index in [-0.39, 0.29) is 24.2 Å². The Morgan fingerprint density at radius 3 is 2.07 bits per heavy atom. The van der Waals surface area contributed by atoms with Gasteiger partial charge in [-0.3, -0.25) is 4.79 Å². The number of carbonyl (C=O) groups is 1. The molecule has 3 aromatic carbocycles. The van der Waals surface area contributed by atoms with Gasteiger partial charge in [0.05, 0.1) is 6.04 Å². The number of aryl methyl sites for hydroxylation is 1. The molecule has 0 saturated carbocycles. The Hall–Kier alpha value is -2.62. The van der Waals surface area contributed by atoms with Crippen LogP contribution in [0.1, 0.15) is 41.3 Å². The van der Waals surface area contributed by atoms with Crippen molar-refractivity contribution in [3.63, 3.8) is 0 Å². The molecule has 3 rings (SSSR count). The van der Waals surface area contributed by atoms with Gasteiger partial charge in [0.15, 0.2) is 5.78 Å². The van der Waals surface area contributed by atoms with Crippen LogP contribution in [0.2, 0.25) is 0 Å². The van der Waals surface area contributed by atoms with E-state index in [1.807, 2.05) is 67.6 Å². The maximum atomic E-state index is 12.6. The Bertz CT molecular complexity index is 867. The number of unbranched alkanes of at least 4 members (excludes halogenated alkanes) is 1. The van der Waals surface area contributed by atoms with Crippen molar-refractivity contribution in [3.8, 4) is 5.75 Å². The molecule has 0 unspecified atom stereocenters. The maximum absolute atomic E-state index is 12.6. The Morgan fingerprint density at radius 2 is 1.43 bits per heavy atom. The van der Waals surface area contributed by atoms with Crippen molar-refractivity contribution in [2.45, 2.75) is 38.8 Å². The maximum Gasteiger partial charge on any atom is 0.179 e. The molecule has 0 bridgehead atoms. The minimum Gasteiger partial charge on any atom is -0.489 e. The van der Waals surface area contributed by atoms with E-state index in [9.17, 15) is 4.79 Å². The van der Waals surface area contributed by atoms with E-state index in [1.165, 1.54) is 5.56 Å². The number of nitrogens with one attached hydrogen (secondary N) is 1. The van der Waals surface area contributed by atoms with Crippen LogP contribution in [0.25, 0.3) is 0 Å². The van der Waals surface area contributed by atoms with Crippen LogP contribution in [-0.2, 0) is 13.0 Å². The van der Waals surface area contributed by atoms with Gasteiger partial charge in [-0.15, -0.1) is 12.4 Å². The van der Waals surface area contributed by atoms with Crippen molar-refractivity contribution in [1.29, 1.82) is 0 Å². The third-order valence-electron chi connectivity index (χ3n) is 4.97. The lowest BCUT2D eigenvalue weighted by molar-refractivity contribution is 0.0951. The van der Waals surface area contributed by atoms with Crippen molar-refractivity contribution in [1.82, 2.24) is 5.32 Å². The van der Waals surface area contributed by atoms with Gasteiger partial charge in [-0.1, -0.05) is 60.7 Å². The van der Waals surface area contributed by atoms with E-state index >= 15 is 0 Å². The highest BCUT2D eigenvalue weighted by Crippen LogP contribution is 2.15. The zero-order valence-electron chi connectivity index (χ0n) is 17.4. The predicted octanol–water partition coefficient (Wildman–Crippen LogP) is 5.87. The minimum absolute atomic E-state index is 0. The molecule has 3 aromatic rings. The summed E-state index contributed by atoms with van der Waals surface area (Å²) >= 11 is 0. The molecule has 0 aromatic heterocycles. The number of hydrogen-bond donors (Lipinski definition) is 1. The highest BCUT2D eigenvalue weighted by atomic mass is 35.5. The first-order valence-corrected chi connectivity index (χ1v) is 10.3. The highest BCUT2D eigenvalue weighted by Gasteiger charge is 2.14. The van der Waals surface area contributed by atoms with Crippen LogP contribution >= 0.6 is 12.4 Å². The fourth-order valence-electron chi connectivity index (χ4n) is 3.22. The monoisotopic (exact) mass is 423 g/mol. The molecule has 0 fully saturated rings. The van der Waals surface area contributed by atoms with Crippen molar-refractivity contribution in [2.24, 2.45) is 0 Å². The zero-order valence-corrected chi connectivity index (χ0v) is 18.2. The fraction of sp³-hybridized carbons (Fsp3) is 0.269. The van der Waals surface area contributed by atoms with Gasteiger partial charge in [0, 0.05) is 5.56 Å². The van der Waals surface area contributed by atoms with Crippen molar-refractivity contribution in [2.75, 3.05) is 6.54 Å². The van der Waals surface area contributed by atoms with Gasteiger partial charge in [-0.2, -0.15) is 0 Å². The lowest BCUT2D eigenvalue weighted by atomic mass is 10.0. The predicted molar refractivity (Wildman–Crippen MR) is 126 cm³/mol. The molecule has 0 aliphatic rings. The molecular weight excluding hydrogens is 394 g/mol. The summed E-state index contributed by atoms with van der Waals surface area (Å²) in [5.74, 6) is 0.884. The van der Waals surface area contributed by atoms with E-state index in [1.54, 1.807) is 0 Å². The first-order chi connectivity index (χ1) is 14.2. The second-order valence-corrected chi connectivity index (χ2v) is 7.28. The van der Waals surface area contributed by atoms with Gasteiger partial charge in [0.2, 0.25) is 0 Å². The molecule has 0 spiro atoms. The third-order valence-corrected chi connectivity index (χ3v) is 4.97. The molecule has 0 saturated heterocycles. The summed E-state index contributed by atoms with van der Waals surface area (Å²) in [5, 5.41) is 3.35. The molecule has 0 aliphatic heterocycles. The van der Waals surface area contributed by atoms with Gasteiger partial charge < -0.3 is 10.1 Å². The van der Waals surface area contributed by atoms with Gasteiger partial charge in [-0.05, 0) is 68.1 Å². The number of halogens is 1. The zero-order chi connectivity index (χ0) is 20.3. The van der Waals surface area contributed by atoms with Crippen LogP contribution < -0.4 is 10.1 Å². The molecule has 0 amide bonds.